The second-order valence-electron chi connectivity index (χ2n) is 5.56. The van der Waals surface area contributed by atoms with Gasteiger partial charge >= 0.3 is 5.97 Å². The van der Waals surface area contributed by atoms with Crippen molar-refractivity contribution in [3.05, 3.63) is 0 Å². The van der Waals surface area contributed by atoms with Gasteiger partial charge in [-0.05, 0) is 6.92 Å². The average Bonchev–Trinajstić information content (AvgIpc) is 3.03. The predicted octanol–water partition coefficient (Wildman–Crippen LogP) is -0.510. The Hall–Kier alpha value is -1.25. The lowest BCUT2D eigenvalue weighted by Crippen LogP contribution is -2.61. The van der Waals surface area contributed by atoms with Crippen molar-refractivity contribution in [2.45, 2.75) is 18.9 Å². The molecule has 0 bridgehead atoms. The van der Waals surface area contributed by atoms with E-state index in [1.54, 1.807) is 6.92 Å². The zero-order chi connectivity index (χ0) is 15.1. The molecule has 3 aliphatic rings. The van der Waals surface area contributed by atoms with Crippen LogP contribution in [0.4, 0.5) is 4.39 Å². The van der Waals surface area contributed by atoms with E-state index in [4.69, 9.17) is 18.9 Å². The van der Waals surface area contributed by atoms with Gasteiger partial charge in [-0.15, -0.1) is 0 Å². The highest BCUT2D eigenvalue weighted by molar-refractivity contribution is 5.86. The lowest BCUT2D eigenvalue weighted by atomic mass is 9.74. The van der Waals surface area contributed by atoms with E-state index >= 15 is 4.39 Å². The Morgan fingerprint density at radius 2 is 1.95 bits per heavy atom. The molecule has 118 valence electrons. The fraction of sp³-hybridized carbons (Fsp3) is 0.846. The van der Waals surface area contributed by atoms with Crippen molar-refractivity contribution in [1.29, 1.82) is 0 Å². The zero-order valence-electron chi connectivity index (χ0n) is 11.8. The Kier molecular flexibility index (Phi) is 3.62. The van der Waals surface area contributed by atoms with Crippen LogP contribution >= 0.6 is 0 Å². The summed E-state index contributed by atoms with van der Waals surface area (Å²) < 4.78 is 35.5. The second kappa shape index (κ2) is 5.19. The number of amides is 1. The number of hydrogen-bond acceptors (Lipinski definition) is 6. The molecule has 7 nitrogen and oxygen atoms in total. The van der Waals surface area contributed by atoms with E-state index in [2.05, 4.69) is 0 Å². The maximum absolute atomic E-state index is 15.3. The van der Waals surface area contributed by atoms with Crippen molar-refractivity contribution in [3.8, 4) is 0 Å². The minimum atomic E-state index is -2.24. The van der Waals surface area contributed by atoms with Crippen LogP contribution in [-0.4, -0.2) is 74.9 Å². The van der Waals surface area contributed by atoms with E-state index in [0.717, 1.165) is 0 Å². The van der Waals surface area contributed by atoms with Gasteiger partial charge in [0.05, 0.1) is 45.0 Å². The van der Waals surface area contributed by atoms with Gasteiger partial charge in [-0.1, -0.05) is 0 Å². The largest absolute Gasteiger partial charge is 0.464 e. The van der Waals surface area contributed by atoms with Gasteiger partial charge in [0.25, 0.3) is 5.91 Å². The highest BCUT2D eigenvalue weighted by Gasteiger charge is 2.69. The summed E-state index contributed by atoms with van der Waals surface area (Å²) in [5.41, 5.74) is -3.26. The van der Waals surface area contributed by atoms with Gasteiger partial charge in [-0.25, -0.2) is 9.18 Å². The Morgan fingerprint density at radius 3 is 2.48 bits per heavy atom. The number of carbonyl (C=O) groups is 2. The molecule has 8 heteroatoms. The molecule has 0 aromatic rings. The fourth-order valence-corrected chi connectivity index (χ4v) is 2.98. The minimum Gasteiger partial charge on any atom is -0.464 e. The predicted molar refractivity (Wildman–Crippen MR) is 66.0 cm³/mol. The third kappa shape index (κ3) is 2.13. The first-order chi connectivity index (χ1) is 10.0. The van der Waals surface area contributed by atoms with E-state index in [-0.39, 0.29) is 32.9 Å². The highest BCUT2D eigenvalue weighted by atomic mass is 19.1. The molecule has 0 aliphatic carbocycles. The number of rotatable bonds is 3. The molecule has 1 unspecified atom stereocenters. The molecule has 3 aliphatic heterocycles. The molecule has 3 rings (SSSR count). The van der Waals surface area contributed by atoms with Crippen molar-refractivity contribution in [3.63, 3.8) is 0 Å². The van der Waals surface area contributed by atoms with E-state index in [1.165, 1.54) is 4.90 Å². The quantitative estimate of drug-likeness (QED) is 0.654. The lowest BCUT2D eigenvalue weighted by molar-refractivity contribution is -0.196. The third-order valence-corrected chi connectivity index (χ3v) is 4.23. The maximum Gasteiger partial charge on any atom is 0.346 e. The first kappa shape index (κ1) is 14.7. The normalized spacial score (nSPS) is 31.4. The molecule has 1 amide bonds. The summed E-state index contributed by atoms with van der Waals surface area (Å²) >= 11 is 0. The monoisotopic (exact) mass is 303 g/mol. The number of halogens is 1. The van der Waals surface area contributed by atoms with Crippen LogP contribution in [0.25, 0.3) is 0 Å². The number of carbonyl (C=O) groups excluding carboxylic acids is 2. The molecule has 0 N–H and O–H groups in total. The summed E-state index contributed by atoms with van der Waals surface area (Å²) in [4.78, 5) is 25.5. The van der Waals surface area contributed by atoms with E-state index < -0.39 is 29.3 Å². The Balaban J connectivity index is 1.78. The molecular formula is C13H18FNO6. The number of hydrogen-bond donors (Lipinski definition) is 0. The van der Waals surface area contributed by atoms with E-state index in [1.807, 2.05) is 0 Å². The first-order valence-corrected chi connectivity index (χ1v) is 6.98. The van der Waals surface area contributed by atoms with Gasteiger partial charge in [-0.2, -0.15) is 0 Å². The summed E-state index contributed by atoms with van der Waals surface area (Å²) in [6.07, 6.45) is -1.01. The Labute approximate surface area is 121 Å². The third-order valence-electron chi connectivity index (χ3n) is 4.23. The molecule has 3 fully saturated rings. The molecule has 21 heavy (non-hydrogen) atoms. The summed E-state index contributed by atoms with van der Waals surface area (Å²) in [7, 11) is 0. The Morgan fingerprint density at radius 1 is 1.29 bits per heavy atom. The molecule has 0 radical (unpaired) electrons. The van der Waals surface area contributed by atoms with Crippen LogP contribution in [0.1, 0.15) is 6.92 Å². The molecule has 3 heterocycles. The first-order valence-electron chi connectivity index (χ1n) is 6.98. The standard InChI is InChI=1S/C13H18FNO6/c1-2-19-11(17)13(14)6-15(5-12(13)7-18-8-12)9(16)10-20-3-4-21-10/h10H,2-8H2,1H3. The summed E-state index contributed by atoms with van der Waals surface area (Å²) in [6, 6.07) is 0. The average molecular weight is 303 g/mol. The summed E-state index contributed by atoms with van der Waals surface area (Å²) in [5.74, 6) is -1.39. The van der Waals surface area contributed by atoms with Crippen LogP contribution in [0, 0.1) is 5.41 Å². The molecule has 0 aromatic carbocycles. The molecule has 0 aromatic heterocycles. The van der Waals surface area contributed by atoms with Crippen molar-refractivity contribution in [2.24, 2.45) is 5.41 Å². The number of ether oxygens (including phenoxy) is 4. The van der Waals surface area contributed by atoms with Gasteiger partial charge in [0.15, 0.2) is 0 Å². The molecule has 3 saturated heterocycles. The zero-order valence-corrected chi connectivity index (χ0v) is 11.8. The smallest absolute Gasteiger partial charge is 0.346 e. The fourth-order valence-electron chi connectivity index (χ4n) is 2.98. The number of likely N-dealkylation sites (tertiary alicyclic amines) is 1. The minimum absolute atomic E-state index is 0.0875. The SMILES string of the molecule is CCOC(=O)C1(F)CN(C(=O)C2OCCO2)CC12COC2. The molecule has 0 saturated carbocycles. The topological polar surface area (TPSA) is 74.3 Å². The van der Waals surface area contributed by atoms with Crippen LogP contribution in [0.15, 0.2) is 0 Å². The van der Waals surface area contributed by atoms with Gasteiger partial charge in [-0.3, -0.25) is 4.79 Å². The van der Waals surface area contributed by atoms with Crippen molar-refractivity contribution >= 4 is 11.9 Å². The molecular weight excluding hydrogens is 285 g/mol. The van der Waals surface area contributed by atoms with Gasteiger partial charge in [0.1, 0.15) is 0 Å². The van der Waals surface area contributed by atoms with Gasteiger partial charge in [0, 0.05) is 6.54 Å². The summed E-state index contributed by atoms with van der Waals surface area (Å²) in [6.45, 7) is 2.31. The van der Waals surface area contributed by atoms with E-state index in [0.29, 0.717) is 13.2 Å². The number of nitrogens with zero attached hydrogens (tertiary/aromatic N) is 1. The van der Waals surface area contributed by atoms with Crippen LogP contribution in [0.2, 0.25) is 0 Å². The van der Waals surface area contributed by atoms with E-state index in [9.17, 15) is 9.59 Å². The molecule has 1 atom stereocenters. The van der Waals surface area contributed by atoms with Gasteiger partial charge in [0.2, 0.25) is 12.0 Å². The van der Waals surface area contributed by atoms with Gasteiger partial charge < -0.3 is 23.8 Å². The van der Waals surface area contributed by atoms with Crippen LogP contribution in [0.5, 0.6) is 0 Å². The number of esters is 1. The van der Waals surface area contributed by atoms with Crippen LogP contribution in [0.3, 0.4) is 0 Å². The van der Waals surface area contributed by atoms with Crippen LogP contribution < -0.4 is 0 Å². The molecule has 1 spiro atoms. The Bertz CT molecular complexity index is 448. The highest BCUT2D eigenvalue weighted by Crippen LogP contribution is 2.48. The number of alkyl halides is 1. The van der Waals surface area contributed by atoms with Crippen molar-refractivity contribution in [1.82, 2.24) is 4.90 Å². The van der Waals surface area contributed by atoms with Crippen LogP contribution in [-0.2, 0) is 28.5 Å². The lowest BCUT2D eigenvalue weighted by Gasteiger charge is -2.43. The maximum atomic E-state index is 15.3. The van der Waals surface area contributed by atoms with Crippen molar-refractivity contribution < 1.29 is 32.9 Å². The second-order valence-corrected chi connectivity index (χ2v) is 5.56. The summed E-state index contributed by atoms with van der Waals surface area (Å²) in [5, 5.41) is 0. The van der Waals surface area contributed by atoms with Crippen molar-refractivity contribution in [2.75, 3.05) is 46.1 Å².